The lowest BCUT2D eigenvalue weighted by Crippen LogP contribution is -2.42. The van der Waals surface area contributed by atoms with E-state index < -0.39 is 12.0 Å². The van der Waals surface area contributed by atoms with E-state index in [1.807, 2.05) is 13.8 Å². The van der Waals surface area contributed by atoms with E-state index in [1.165, 1.54) is 7.11 Å². The number of hydrogen-bond donors (Lipinski definition) is 1. The van der Waals surface area contributed by atoms with Gasteiger partial charge in [0.15, 0.2) is 0 Å². The fourth-order valence-electron chi connectivity index (χ4n) is 1.70. The Morgan fingerprint density at radius 1 is 1.37 bits per heavy atom. The van der Waals surface area contributed by atoms with Crippen molar-refractivity contribution in [1.29, 1.82) is 0 Å². The van der Waals surface area contributed by atoms with Gasteiger partial charge in [0.25, 0.3) is 5.91 Å². The van der Waals surface area contributed by atoms with Crippen molar-refractivity contribution < 1.29 is 14.3 Å². The number of hydrogen-bond acceptors (Lipinski definition) is 3. The Labute approximate surface area is 118 Å². The van der Waals surface area contributed by atoms with Gasteiger partial charge in [0.1, 0.15) is 6.04 Å². The second-order valence-corrected chi connectivity index (χ2v) is 5.13. The minimum atomic E-state index is -0.642. The lowest BCUT2D eigenvalue weighted by atomic mass is 10.0. The van der Waals surface area contributed by atoms with Crippen molar-refractivity contribution in [3.63, 3.8) is 0 Å². The van der Waals surface area contributed by atoms with Crippen molar-refractivity contribution in [2.75, 3.05) is 7.11 Å². The third-order valence-electron chi connectivity index (χ3n) is 2.58. The number of rotatable bonds is 5. The van der Waals surface area contributed by atoms with Crippen LogP contribution in [-0.4, -0.2) is 25.0 Å². The largest absolute Gasteiger partial charge is 0.467 e. The zero-order valence-corrected chi connectivity index (χ0v) is 12.0. The first-order chi connectivity index (χ1) is 8.93. The molecule has 1 aromatic rings. The average Bonchev–Trinajstić information content (AvgIpc) is 2.36. The summed E-state index contributed by atoms with van der Waals surface area (Å²) in [6.45, 7) is 3.95. The van der Waals surface area contributed by atoms with Crippen LogP contribution in [0.3, 0.4) is 0 Å². The van der Waals surface area contributed by atoms with Gasteiger partial charge in [0.2, 0.25) is 0 Å². The van der Waals surface area contributed by atoms with Gasteiger partial charge in [0.05, 0.1) is 7.11 Å². The van der Waals surface area contributed by atoms with Crippen LogP contribution >= 0.6 is 11.6 Å². The molecule has 0 aliphatic rings. The van der Waals surface area contributed by atoms with Gasteiger partial charge in [-0.3, -0.25) is 4.79 Å². The summed E-state index contributed by atoms with van der Waals surface area (Å²) in [4.78, 5) is 23.6. The normalized spacial score (nSPS) is 12.1. The van der Waals surface area contributed by atoms with Gasteiger partial charge in [-0.1, -0.05) is 31.5 Å². The van der Waals surface area contributed by atoms with E-state index in [-0.39, 0.29) is 11.8 Å². The van der Waals surface area contributed by atoms with Crippen LogP contribution < -0.4 is 5.32 Å². The van der Waals surface area contributed by atoms with Crippen molar-refractivity contribution in [2.24, 2.45) is 5.92 Å². The van der Waals surface area contributed by atoms with Gasteiger partial charge in [-0.2, -0.15) is 0 Å². The summed E-state index contributed by atoms with van der Waals surface area (Å²) in [7, 11) is 1.31. The highest BCUT2D eigenvalue weighted by atomic mass is 35.5. The van der Waals surface area contributed by atoms with Crippen LogP contribution in [0.25, 0.3) is 0 Å². The maximum absolute atomic E-state index is 12.0. The minimum Gasteiger partial charge on any atom is -0.467 e. The summed E-state index contributed by atoms with van der Waals surface area (Å²) >= 11 is 5.83. The van der Waals surface area contributed by atoms with Crippen LogP contribution in [-0.2, 0) is 9.53 Å². The third kappa shape index (κ3) is 4.91. The second-order valence-electron chi connectivity index (χ2n) is 4.69. The molecule has 0 bridgehead atoms. The van der Waals surface area contributed by atoms with Crippen LogP contribution in [0.1, 0.15) is 30.6 Å². The highest BCUT2D eigenvalue weighted by molar-refractivity contribution is 6.30. The summed E-state index contributed by atoms with van der Waals surface area (Å²) in [5.41, 5.74) is 0.421. The van der Waals surface area contributed by atoms with E-state index >= 15 is 0 Å². The fourth-order valence-corrected chi connectivity index (χ4v) is 1.89. The van der Waals surface area contributed by atoms with E-state index in [0.29, 0.717) is 17.0 Å². The van der Waals surface area contributed by atoms with Crippen LogP contribution in [0.15, 0.2) is 24.3 Å². The number of nitrogens with one attached hydrogen (secondary N) is 1. The number of amides is 1. The van der Waals surface area contributed by atoms with Gasteiger partial charge in [-0.25, -0.2) is 4.79 Å². The maximum Gasteiger partial charge on any atom is 0.328 e. The van der Waals surface area contributed by atoms with E-state index in [4.69, 9.17) is 16.3 Å². The summed E-state index contributed by atoms with van der Waals surface area (Å²) in [5, 5.41) is 3.15. The second kappa shape index (κ2) is 7.14. The van der Waals surface area contributed by atoms with Crippen molar-refractivity contribution in [2.45, 2.75) is 26.3 Å². The molecule has 104 valence electrons. The highest BCUT2D eigenvalue weighted by Gasteiger charge is 2.23. The third-order valence-corrected chi connectivity index (χ3v) is 2.82. The molecule has 5 heteroatoms. The molecule has 19 heavy (non-hydrogen) atoms. The lowest BCUT2D eigenvalue weighted by Gasteiger charge is -2.18. The Bertz CT molecular complexity index is 460. The summed E-state index contributed by atoms with van der Waals surface area (Å²) in [6, 6.07) is 5.93. The molecular formula is C14H18ClNO3. The first kappa shape index (κ1) is 15.5. The predicted molar refractivity (Wildman–Crippen MR) is 74.2 cm³/mol. The SMILES string of the molecule is COC(=O)[C@H](CC(C)C)NC(=O)c1cccc(Cl)c1. The number of carbonyl (C=O) groups is 2. The Kier molecular flexibility index (Phi) is 5.83. The van der Waals surface area contributed by atoms with Gasteiger partial charge >= 0.3 is 5.97 Å². The molecule has 4 nitrogen and oxygen atoms in total. The van der Waals surface area contributed by atoms with Crippen molar-refractivity contribution in [3.8, 4) is 0 Å². The number of halogens is 1. The van der Waals surface area contributed by atoms with Crippen molar-refractivity contribution >= 4 is 23.5 Å². The molecule has 1 aromatic carbocycles. The Balaban J connectivity index is 2.78. The van der Waals surface area contributed by atoms with Crippen LogP contribution in [0.2, 0.25) is 5.02 Å². The standard InChI is InChI=1S/C14H18ClNO3/c1-9(2)7-12(14(18)19-3)16-13(17)10-5-4-6-11(15)8-10/h4-6,8-9,12H,7H2,1-3H3,(H,16,17)/t12-/m0/s1. The molecule has 0 fully saturated rings. The van der Waals surface area contributed by atoms with Gasteiger partial charge in [0, 0.05) is 10.6 Å². The summed E-state index contributed by atoms with van der Waals surface area (Å²) < 4.78 is 4.69. The monoisotopic (exact) mass is 283 g/mol. The Morgan fingerprint density at radius 2 is 2.05 bits per heavy atom. The molecule has 0 aliphatic heterocycles. The molecule has 0 unspecified atom stereocenters. The number of methoxy groups -OCH3 is 1. The first-order valence-corrected chi connectivity index (χ1v) is 6.46. The number of esters is 1. The molecule has 0 aliphatic carbocycles. The smallest absolute Gasteiger partial charge is 0.328 e. The molecule has 0 saturated heterocycles. The maximum atomic E-state index is 12.0. The van der Waals surface area contributed by atoms with Crippen molar-refractivity contribution in [3.05, 3.63) is 34.9 Å². The van der Waals surface area contributed by atoms with E-state index in [9.17, 15) is 9.59 Å². The Hall–Kier alpha value is -1.55. The molecule has 1 atom stereocenters. The van der Waals surface area contributed by atoms with Crippen LogP contribution in [0.4, 0.5) is 0 Å². The number of ether oxygens (including phenoxy) is 1. The zero-order valence-electron chi connectivity index (χ0n) is 11.3. The summed E-state index contributed by atoms with van der Waals surface area (Å²) in [5.74, 6) is -0.508. The molecule has 0 spiro atoms. The van der Waals surface area contributed by atoms with E-state index in [0.717, 1.165) is 0 Å². The number of benzene rings is 1. The topological polar surface area (TPSA) is 55.4 Å². The van der Waals surface area contributed by atoms with Crippen LogP contribution in [0.5, 0.6) is 0 Å². The molecule has 1 rings (SSSR count). The predicted octanol–water partition coefficient (Wildman–Crippen LogP) is 2.66. The molecule has 0 radical (unpaired) electrons. The molecular weight excluding hydrogens is 266 g/mol. The van der Waals surface area contributed by atoms with Gasteiger partial charge in [-0.15, -0.1) is 0 Å². The first-order valence-electron chi connectivity index (χ1n) is 6.08. The molecule has 1 amide bonds. The quantitative estimate of drug-likeness (QED) is 0.845. The van der Waals surface area contributed by atoms with E-state index in [1.54, 1.807) is 24.3 Å². The van der Waals surface area contributed by atoms with E-state index in [2.05, 4.69) is 5.32 Å². The molecule has 0 heterocycles. The number of carbonyl (C=O) groups excluding carboxylic acids is 2. The fraction of sp³-hybridized carbons (Fsp3) is 0.429. The summed E-state index contributed by atoms with van der Waals surface area (Å²) in [6.07, 6.45) is 0.527. The lowest BCUT2D eigenvalue weighted by molar-refractivity contribution is -0.143. The highest BCUT2D eigenvalue weighted by Crippen LogP contribution is 2.12. The molecule has 0 aromatic heterocycles. The van der Waals surface area contributed by atoms with Gasteiger partial charge < -0.3 is 10.1 Å². The molecule has 0 saturated carbocycles. The van der Waals surface area contributed by atoms with Gasteiger partial charge in [-0.05, 0) is 30.5 Å². The zero-order chi connectivity index (χ0) is 14.4. The van der Waals surface area contributed by atoms with Crippen LogP contribution in [0, 0.1) is 5.92 Å². The van der Waals surface area contributed by atoms with Crippen molar-refractivity contribution in [1.82, 2.24) is 5.32 Å². The molecule has 1 N–H and O–H groups in total. The minimum absolute atomic E-state index is 0.267. The average molecular weight is 284 g/mol. The Morgan fingerprint density at radius 3 is 2.58 bits per heavy atom.